The van der Waals surface area contributed by atoms with E-state index < -0.39 is 12.7 Å². The van der Waals surface area contributed by atoms with Gasteiger partial charge in [0.05, 0.1) is 19.3 Å². The maximum absolute atomic E-state index is 10.9. The molecule has 0 aromatic carbocycles. The van der Waals surface area contributed by atoms with Gasteiger partial charge in [-0.25, -0.2) is 4.68 Å². The van der Waals surface area contributed by atoms with Crippen molar-refractivity contribution in [3.8, 4) is 0 Å². The molecule has 1 heterocycles. The zero-order valence-electron chi connectivity index (χ0n) is 6.17. The Bertz CT molecular complexity index is 307. The Labute approximate surface area is 71.9 Å². The topological polar surface area (TPSA) is 101 Å². The largest absolute Gasteiger partial charge is 0.394 e. The molecule has 0 spiro atoms. The van der Waals surface area contributed by atoms with Crippen molar-refractivity contribution in [1.82, 2.24) is 9.78 Å². The molecule has 0 aliphatic carbocycles. The molecule has 68 valence electrons. The molecule has 0 radical (unpaired) electrons. The minimum Gasteiger partial charge on any atom is -0.394 e. The average Bonchev–Trinajstić information content (AvgIpc) is 2.30. The van der Waals surface area contributed by atoms with Crippen molar-refractivity contribution in [2.24, 2.45) is 0 Å². The molecule has 7 heteroatoms. The standard InChI is InChI=1S/C5H9N3O3S/c6-4-7-8(5(11)12-4)1-3(10)2-9/h3,9-10H,1-2H2,(H2,6,7)/t3-/m0/s1. The molecule has 0 fully saturated rings. The van der Waals surface area contributed by atoms with Gasteiger partial charge in [0.25, 0.3) is 0 Å². The molecule has 0 saturated carbocycles. The van der Waals surface area contributed by atoms with Crippen molar-refractivity contribution >= 4 is 16.5 Å². The van der Waals surface area contributed by atoms with Crippen molar-refractivity contribution in [2.75, 3.05) is 12.3 Å². The van der Waals surface area contributed by atoms with Gasteiger partial charge in [-0.05, 0) is 11.3 Å². The lowest BCUT2D eigenvalue weighted by molar-refractivity contribution is 0.0777. The van der Waals surface area contributed by atoms with E-state index in [2.05, 4.69) is 5.10 Å². The van der Waals surface area contributed by atoms with Gasteiger partial charge in [0.2, 0.25) is 5.13 Å². The van der Waals surface area contributed by atoms with Crippen LogP contribution in [0, 0.1) is 0 Å². The van der Waals surface area contributed by atoms with Crippen LogP contribution in [0.15, 0.2) is 4.79 Å². The Morgan fingerprint density at radius 3 is 2.83 bits per heavy atom. The Morgan fingerprint density at radius 2 is 2.42 bits per heavy atom. The predicted octanol–water partition coefficient (Wildman–Crippen LogP) is -1.76. The second-order valence-corrected chi connectivity index (χ2v) is 3.20. The second kappa shape index (κ2) is 3.65. The first kappa shape index (κ1) is 9.17. The molecule has 1 aromatic rings. The van der Waals surface area contributed by atoms with E-state index in [1.807, 2.05) is 0 Å². The molecule has 1 rings (SSSR count). The van der Waals surface area contributed by atoms with Crippen LogP contribution < -0.4 is 10.6 Å². The second-order valence-electron chi connectivity index (χ2n) is 2.22. The number of anilines is 1. The van der Waals surface area contributed by atoms with Crippen LogP contribution in [0.25, 0.3) is 0 Å². The van der Waals surface area contributed by atoms with E-state index in [0.717, 1.165) is 16.0 Å². The third kappa shape index (κ3) is 2.03. The zero-order chi connectivity index (χ0) is 9.14. The number of aliphatic hydroxyl groups excluding tert-OH is 2. The van der Waals surface area contributed by atoms with Gasteiger partial charge < -0.3 is 15.9 Å². The number of nitrogens with zero attached hydrogens (tertiary/aromatic N) is 2. The van der Waals surface area contributed by atoms with Crippen LogP contribution in [0.3, 0.4) is 0 Å². The van der Waals surface area contributed by atoms with E-state index in [9.17, 15) is 4.79 Å². The van der Waals surface area contributed by atoms with Crippen LogP contribution in [0.5, 0.6) is 0 Å². The summed E-state index contributed by atoms with van der Waals surface area (Å²) in [5.41, 5.74) is 5.24. The summed E-state index contributed by atoms with van der Waals surface area (Å²) < 4.78 is 1.03. The average molecular weight is 191 g/mol. The van der Waals surface area contributed by atoms with Gasteiger partial charge >= 0.3 is 4.87 Å². The third-order valence-electron chi connectivity index (χ3n) is 1.22. The molecule has 1 atom stereocenters. The number of nitrogen functional groups attached to an aromatic ring is 1. The third-order valence-corrected chi connectivity index (χ3v) is 1.89. The summed E-state index contributed by atoms with van der Waals surface area (Å²) in [7, 11) is 0. The maximum Gasteiger partial charge on any atom is 0.326 e. The molecule has 0 saturated heterocycles. The Kier molecular flexibility index (Phi) is 2.79. The Balaban J connectivity index is 2.75. The summed E-state index contributed by atoms with van der Waals surface area (Å²) >= 11 is 0.803. The maximum atomic E-state index is 10.9. The number of hydrogen-bond acceptors (Lipinski definition) is 6. The highest BCUT2D eigenvalue weighted by Gasteiger charge is 2.08. The molecule has 0 aliphatic heterocycles. The molecular weight excluding hydrogens is 182 g/mol. The van der Waals surface area contributed by atoms with Crippen LogP contribution in [-0.4, -0.2) is 32.7 Å². The van der Waals surface area contributed by atoms with E-state index in [1.54, 1.807) is 0 Å². The summed E-state index contributed by atoms with van der Waals surface area (Å²) in [6.45, 7) is -0.424. The fourth-order valence-electron chi connectivity index (χ4n) is 0.695. The van der Waals surface area contributed by atoms with Crippen LogP contribution in [0.4, 0.5) is 5.13 Å². The number of nitrogens with two attached hydrogens (primary N) is 1. The summed E-state index contributed by atoms with van der Waals surface area (Å²) in [6, 6.07) is 0. The summed E-state index contributed by atoms with van der Waals surface area (Å²) in [4.78, 5) is 10.6. The molecule has 12 heavy (non-hydrogen) atoms. The van der Waals surface area contributed by atoms with Crippen molar-refractivity contribution in [1.29, 1.82) is 0 Å². The van der Waals surface area contributed by atoms with E-state index in [4.69, 9.17) is 15.9 Å². The minimum absolute atomic E-state index is 0.0248. The van der Waals surface area contributed by atoms with Crippen molar-refractivity contribution in [3.05, 3.63) is 9.67 Å². The smallest absolute Gasteiger partial charge is 0.326 e. The van der Waals surface area contributed by atoms with Crippen molar-refractivity contribution in [2.45, 2.75) is 12.6 Å². The highest BCUT2D eigenvalue weighted by atomic mass is 32.1. The fourth-order valence-corrected chi connectivity index (χ4v) is 1.23. The quantitative estimate of drug-likeness (QED) is 0.525. The van der Waals surface area contributed by atoms with Crippen molar-refractivity contribution in [3.63, 3.8) is 0 Å². The van der Waals surface area contributed by atoms with Gasteiger partial charge in [0.1, 0.15) is 0 Å². The normalized spacial score (nSPS) is 13.2. The molecule has 0 unspecified atom stereocenters. The molecule has 4 N–H and O–H groups in total. The molecule has 0 bridgehead atoms. The summed E-state index contributed by atoms with van der Waals surface area (Å²) in [6.07, 6.45) is -0.968. The van der Waals surface area contributed by atoms with Gasteiger partial charge in [0.15, 0.2) is 0 Å². The van der Waals surface area contributed by atoms with E-state index in [0.29, 0.717) is 0 Å². The van der Waals surface area contributed by atoms with Gasteiger partial charge in [0, 0.05) is 0 Å². The van der Waals surface area contributed by atoms with Gasteiger partial charge in [-0.3, -0.25) is 4.79 Å². The van der Waals surface area contributed by atoms with Crippen LogP contribution in [0.1, 0.15) is 0 Å². The first-order valence-electron chi connectivity index (χ1n) is 3.26. The molecule has 0 aliphatic rings. The van der Waals surface area contributed by atoms with E-state index in [-0.39, 0.29) is 16.5 Å². The molecule has 6 nitrogen and oxygen atoms in total. The summed E-state index contributed by atoms with van der Waals surface area (Å²) in [5, 5.41) is 21.2. The van der Waals surface area contributed by atoms with Crippen LogP contribution in [0.2, 0.25) is 0 Å². The zero-order valence-corrected chi connectivity index (χ0v) is 6.99. The number of hydrogen-bond donors (Lipinski definition) is 3. The van der Waals surface area contributed by atoms with Crippen LogP contribution in [-0.2, 0) is 6.54 Å². The first-order valence-corrected chi connectivity index (χ1v) is 4.07. The SMILES string of the molecule is Nc1nn(C[C@H](O)CO)c(=O)s1. The summed E-state index contributed by atoms with van der Waals surface area (Å²) in [5.74, 6) is 0. The highest BCUT2D eigenvalue weighted by molar-refractivity contribution is 7.12. The Hall–Kier alpha value is -0.920. The highest BCUT2D eigenvalue weighted by Crippen LogP contribution is 1.99. The van der Waals surface area contributed by atoms with Gasteiger partial charge in [-0.2, -0.15) is 0 Å². The number of aromatic nitrogens is 2. The van der Waals surface area contributed by atoms with Crippen LogP contribution >= 0.6 is 11.3 Å². The lowest BCUT2D eigenvalue weighted by Gasteiger charge is -2.04. The fraction of sp³-hybridized carbons (Fsp3) is 0.600. The number of aliphatic hydroxyl groups is 2. The van der Waals surface area contributed by atoms with E-state index >= 15 is 0 Å². The lowest BCUT2D eigenvalue weighted by Crippen LogP contribution is -2.26. The molecule has 0 amide bonds. The molecular formula is C5H9N3O3S. The van der Waals surface area contributed by atoms with Gasteiger partial charge in [-0.1, -0.05) is 0 Å². The molecule has 1 aromatic heterocycles. The lowest BCUT2D eigenvalue weighted by atomic mass is 10.4. The van der Waals surface area contributed by atoms with Gasteiger partial charge in [-0.15, -0.1) is 5.10 Å². The minimum atomic E-state index is -0.968. The predicted molar refractivity (Wildman–Crippen MR) is 43.9 cm³/mol. The monoisotopic (exact) mass is 191 g/mol. The first-order chi connectivity index (χ1) is 5.63. The Morgan fingerprint density at radius 1 is 1.75 bits per heavy atom. The number of rotatable bonds is 3. The van der Waals surface area contributed by atoms with Crippen molar-refractivity contribution < 1.29 is 10.2 Å². The van der Waals surface area contributed by atoms with E-state index in [1.165, 1.54) is 0 Å².